The zero-order valence-electron chi connectivity index (χ0n) is 10.4. The van der Waals surface area contributed by atoms with Crippen molar-refractivity contribution in [2.45, 2.75) is 25.4 Å². The molecule has 0 amide bonds. The monoisotopic (exact) mass is 236 g/mol. The van der Waals surface area contributed by atoms with Gasteiger partial charge in [0.05, 0.1) is 18.4 Å². The van der Waals surface area contributed by atoms with Crippen molar-refractivity contribution in [3.8, 4) is 5.75 Å². The van der Waals surface area contributed by atoms with Gasteiger partial charge in [-0.15, -0.1) is 0 Å². The Morgan fingerprint density at radius 1 is 1.35 bits per heavy atom. The van der Waals surface area contributed by atoms with E-state index in [0.717, 1.165) is 37.1 Å². The van der Waals surface area contributed by atoms with Crippen LogP contribution in [0.15, 0.2) is 12.1 Å². The average Bonchev–Trinajstić information content (AvgIpc) is 2.30. The largest absolute Gasteiger partial charge is 0.495 e. The maximum atomic E-state index is 10.7. The maximum absolute atomic E-state index is 10.7. The first-order chi connectivity index (χ1) is 8.07. The normalized spacial score (nSPS) is 19.0. The molecule has 0 bridgehead atoms. The second-order valence-corrected chi connectivity index (χ2v) is 4.69. The van der Waals surface area contributed by atoms with Crippen LogP contribution in [-0.2, 0) is 5.60 Å². The molecule has 0 radical (unpaired) electrons. The van der Waals surface area contributed by atoms with Gasteiger partial charge in [0.2, 0.25) is 0 Å². The molecule has 94 valence electrons. The van der Waals surface area contributed by atoms with Crippen molar-refractivity contribution in [2.75, 3.05) is 25.9 Å². The van der Waals surface area contributed by atoms with E-state index in [9.17, 15) is 5.11 Å². The van der Waals surface area contributed by atoms with Gasteiger partial charge in [-0.05, 0) is 56.1 Å². The fraction of sp³-hybridized carbons (Fsp3) is 0.538. The van der Waals surface area contributed by atoms with Crippen LogP contribution >= 0.6 is 0 Å². The molecule has 0 saturated carbocycles. The van der Waals surface area contributed by atoms with Gasteiger partial charge in [-0.2, -0.15) is 0 Å². The molecule has 0 unspecified atom stereocenters. The summed E-state index contributed by atoms with van der Waals surface area (Å²) in [5.41, 5.74) is 7.67. The van der Waals surface area contributed by atoms with Crippen LogP contribution < -0.4 is 15.8 Å². The molecular weight excluding hydrogens is 216 g/mol. The van der Waals surface area contributed by atoms with E-state index in [0.29, 0.717) is 11.4 Å². The van der Waals surface area contributed by atoms with Gasteiger partial charge >= 0.3 is 0 Å². The second-order valence-electron chi connectivity index (χ2n) is 4.69. The van der Waals surface area contributed by atoms with Crippen molar-refractivity contribution in [3.05, 3.63) is 23.3 Å². The van der Waals surface area contributed by atoms with Crippen LogP contribution in [0.2, 0.25) is 0 Å². The number of anilines is 1. The number of aliphatic hydroxyl groups is 1. The van der Waals surface area contributed by atoms with Gasteiger partial charge in [-0.25, -0.2) is 0 Å². The Morgan fingerprint density at radius 3 is 2.59 bits per heavy atom. The van der Waals surface area contributed by atoms with E-state index in [-0.39, 0.29) is 0 Å². The number of nitrogens with one attached hydrogen (secondary N) is 1. The molecule has 1 saturated heterocycles. The molecule has 1 aliphatic heterocycles. The highest BCUT2D eigenvalue weighted by Crippen LogP contribution is 2.37. The van der Waals surface area contributed by atoms with E-state index < -0.39 is 5.60 Å². The number of hydrogen-bond donors (Lipinski definition) is 3. The molecule has 0 aliphatic carbocycles. The number of aryl methyl sites for hydroxylation is 1. The summed E-state index contributed by atoms with van der Waals surface area (Å²) in [6, 6.07) is 3.74. The van der Waals surface area contributed by atoms with Crippen LogP contribution in [0, 0.1) is 6.92 Å². The lowest BCUT2D eigenvalue weighted by atomic mass is 9.82. The quantitative estimate of drug-likeness (QED) is 0.674. The fourth-order valence-electron chi connectivity index (χ4n) is 2.50. The van der Waals surface area contributed by atoms with Gasteiger partial charge in [0.1, 0.15) is 5.75 Å². The minimum Gasteiger partial charge on any atom is -0.495 e. The Labute approximate surface area is 102 Å². The Morgan fingerprint density at radius 2 is 2.00 bits per heavy atom. The lowest BCUT2D eigenvalue weighted by Crippen LogP contribution is -2.40. The van der Waals surface area contributed by atoms with Gasteiger partial charge in [0, 0.05) is 0 Å². The topological polar surface area (TPSA) is 67.5 Å². The molecular formula is C13H20N2O2. The molecule has 1 aliphatic rings. The number of benzene rings is 1. The molecule has 0 atom stereocenters. The van der Waals surface area contributed by atoms with Gasteiger partial charge in [-0.3, -0.25) is 0 Å². The van der Waals surface area contributed by atoms with Gasteiger partial charge in [-0.1, -0.05) is 0 Å². The number of hydrogen-bond acceptors (Lipinski definition) is 4. The van der Waals surface area contributed by atoms with E-state index in [4.69, 9.17) is 10.5 Å². The SMILES string of the molecule is COc1cc(C2(O)CCNCC2)c(C)cc1N. The molecule has 1 fully saturated rings. The van der Waals surface area contributed by atoms with Gasteiger partial charge in [0.15, 0.2) is 0 Å². The zero-order chi connectivity index (χ0) is 12.5. The zero-order valence-corrected chi connectivity index (χ0v) is 10.4. The van der Waals surface area contributed by atoms with Crippen molar-refractivity contribution in [1.29, 1.82) is 0 Å². The third-order valence-corrected chi connectivity index (χ3v) is 3.51. The number of methoxy groups -OCH3 is 1. The summed E-state index contributed by atoms with van der Waals surface area (Å²) in [4.78, 5) is 0. The summed E-state index contributed by atoms with van der Waals surface area (Å²) in [6.45, 7) is 3.65. The molecule has 0 aromatic heterocycles. The predicted octanol–water partition coefficient (Wildman–Crippen LogP) is 1.16. The van der Waals surface area contributed by atoms with Crippen LogP contribution in [0.3, 0.4) is 0 Å². The summed E-state index contributed by atoms with van der Waals surface area (Å²) in [5.74, 6) is 0.637. The van der Waals surface area contributed by atoms with E-state index in [2.05, 4.69) is 5.32 Å². The van der Waals surface area contributed by atoms with E-state index in [1.165, 1.54) is 0 Å². The van der Waals surface area contributed by atoms with Crippen molar-refractivity contribution in [3.63, 3.8) is 0 Å². The third-order valence-electron chi connectivity index (χ3n) is 3.51. The summed E-state index contributed by atoms with van der Waals surface area (Å²) >= 11 is 0. The highest BCUT2D eigenvalue weighted by atomic mass is 16.5. The van der Waals surface area contributed by atoms with Gasteiger partial charge in [0.25, 0.3) is 0 Å². The predicted molar refractivity (Wildman–Crippen MR) is 68.1 cm³/mol. The summed E-state index contributed by atoms with van der Waals surface area (Å²) in [5, 5.41) is 14.0. The van der Waals surface area contributed by atoms with Crippen molar-refractivity contribution >= 4 is 5.69 Å². The first kappa shape index (κ1) is 12.2. The van der Waals surface area contributed by atoms with E-state index >= 15 is 0 Å². The Hall–Kier alpha value is -1.26. The molecule has 17 heavy (non-hydrogen) atoms. The Balaban J connectivity index is 2.43. The first-order valence-corrected chi connectivity index (χ1v) is 5.94. The molecule has 1 aromatic rings. The minimum absolute atomic E-state index is 0.617. The van der Waals surface area contributed by atoms with Gasteiger partial charge < -0.3 is 20.9 Å². The van der Waals surface area contributed by atoms with Crippen LogP contribution in [0.1, 0.15) is 24.0 Å². The molecule has 4 nitrogen and oxygen atoms in total. The summed E-state index contributed by atoms with van der Waals surface area (Å²) < 4.78 is 5.22. The highest BCUT2D eigenvalue weighted by molar-refractivity contribution is 5.57. The Bertz CT molecular complexity index is 412. The smallest absolute Gasteiger partial charge is 0.142 e. The highest BCUT2D eigenvalue weighted by Gasteiger charge is 2.33. The number of nitrogens with two attached hydrogens (primary N) is 1. The number of ether oxygens (including phenoxy) is 1. The second kappa shape index (κ2) is 4.55. The van der Waals surface area contributed by atoms with Crippen LogP contribution in [0.5, 0.6) is 5.75 Å². The van der Waals surface area contributed by atoms with E-state index in [1.54, 1.807) is 7.11 Å². The molecule has 0 spiro atoms. The first-order valence-electron chi connectivity index (χ1n) is 5.94. The standard InChI is InChI=1S/C13H20N2O2/c1-9-7-11(14)12(17-2)8-10(9)13(16)3-5-15-6-4-13/h7-8,15-16H,3-6,14H2,1-2H3. The van der Waals surface area contributed by atoms with Crippen LogP contribution in [0.4, 0.5) is 5.69 Å². The van der Waals surface area contributed by atoms with Crippen molar-refractivity contribution < 1.29 is 9.84 Å². The van der Waals surface area contributed by atoms with Crippen LogP contribution in [0.25, 0.3) is 0 Å². The molecule has 4 N–H and O–H groups in total. The lowest BCUT2D eigenvalue weighted by Gasteiger charge is -2.34. The van der Waals surface area contributed by atoms with Crippen LogP contribution in [-0.4, -0.2) is 25.3 Å². The molecule has 2 rings (SSSR count). The number of nitrogen functional groups attached to an aromatic ring is 1. The fourth-order valence-corrected chi connectivity index (χ4v) is 2.50. The minimum atomic E-state index is -0.754. The van der Waals surface area contributed by atoms with E-state index in [1.807, 2.05) is 19.1 Å². The molecule has 1 aromatic carbocycles. The lowest BCUT2D eigenvalue weighted by molar-refractivity contribution is 0.00523. The molecule has 1 heterocycles. The number of rotatable bonds is 2. The third kappa shape index (κ3) is 2.23. The Kier molecular flexibility index (Phi) is 3.26. The van der Waals surface area contributed by atoms with Crippen molar-refractivity contribution in [1.82, 2.24) is 5.32 Å². The van der Waals surface area contributed by atoms with Crippen molar-refractivity contribution in [2.24, 2.45) is 0 Å². The molecule has 4 heteroatoms. The average molecular weight is 236 g/mol. The number of piperidine rings is 1. The summed E-state index contributed by atoms with van der Waals surface area (Å²) in [7, 11) is 1.59. The maximum Gasteiger partial charge on any atom is 0.142 e. The summed E-state index contributed by atoms with van der Waals surface area (Å²) in [6.07, 6.45) is 1.45.